The van der Waals surface area contributed by atoms with Gasteiger partial charge in [-0.1, -0.05) is 20.8 Å². The molecule has 2 aromatic rings. The Morgan fingerprint density at radius 1 is 1.25 bits per heavy atom. The Kier molecular flexibility index (Phi) is 6.11. The second kappa shape index (κ2) is 8.22. The monoisotopic (exact) mass is 400 g/mol. The Labute approximate surface area is 172 Å². The predicted octanol–water partition coefficient (Wildman–Crippen LogP) is 3.87. The van der Waals surface area contributed by atoms with E-state index in [9.17, 15) is 0 Å². The molecule has 3 rings (SSSR count). The maximum absolute atomic E-state index is 9.00. The Balaban J connectivity index is 2.02. The third-order valence-electron chi connectivity index (χ3n) is 5.55. The molecule has 0 N–H and O–H groups in total. The van der Waals surface area contributed by atoms with Crippen molar-refractivity contribution in [3.63, 3.8) is 0 Å². The molecule has 6 nitrogen and oxygen atoms in total. The molecule has 0 saturated carbocycles. The quantitative estimate of drug-likeness (QED) is 0.759. The van der Waals surface area contributed by atoms with Crippen LogP contribution in [-0.2, 0) is 5.41 Å². The lowest BCUT2D eigenvalue weighted by atomic mass is 9.95. The summed E-state index contributed by atoms with van der Waals surface area (Å²) < 4.78 is 1.12. The summed E-state index contributed by atoms with van der Waals surface area (Å²) in [5.41, 5.74) is 1.09. The van der Waals surface area contributed by atoms with E-state index < -0.39 is 0 Å². The number of likely N-dealkylation sites (tertiary alicyclic amines) is 1. The average molecular weight is 401 g/mol. The van der Waals surface area contributed by atoms with Crippen LogP contribution in [0.4, 0.5) is 11.8 Å². The molecule has 1 aliphatic rings. The summed E-state index contributed by atoms with van der Waals surface area (Å²) in [6.07, 6.45) is 2.75. The molecule has 7 heteroatoms. The van der Waals surface area contributed by atoms with Gasteiger partial charge in [0.05, 0.1) is 22.7 Å². The van der Waals surface area contributed by atoms with Crippen LogP contribution < -0.4 is 9.80 Å². The highest BCUT2D eigenvalue weighted by Gasteiger charge is 2.26. The van der Waals surface area contributed by atoms with Gasteiger partial charge in [-0.25, -0.2) is 4.98 Å². The van der Waals surface area contributed by atoms with Crippen LogP contribution in [0.15, 0.2) is 6.07 Å². The number of piperidine rings is 1. The Morgan fingerprint density at radius 3 is 2.54 bits per heavy atom. The van der Waals surface area contributed by atoms with Crippen molar-refractivity contribution in [1.29, 1.82) is 5.26 Å². The Morgan fingerprint density at radius 2 is 1.93 bits per heavy atom. The van der Waals surface area contributed by atoms with Crippen LogP contribution in [0.25, 0.3) is 10.2 Å². The zero-order valence-electron chi connectivity index (χ0n) is 18.0. The molecular weight excluding hydrogens is 368 g/mol. The van der Waals surface area contributed by atoms with Crippen LogP contribution in [0.2, 0.25) is 0 Å². The van der Waals surface area contributed by atoms with E-state index >= 15 is 0 Å². The zero-order chi connectivity index (χ0) is 20.5. The third kappa shape index (κ3) is 4.39. The van der Waals surface area contributed by atoms with E-state index in [0.717, 1.165) is 47.9 Å². The van der Waals surface area contributed by atoms with E-state index in [1.807, 2.05) is 7.05 Å². The fourth-order valence-electron chi connectivity index (χ4n) is 3.56. The van der Waals surface area contributed by atoms with E-state index in [1.165, 1.54) is 4.88 Å². The summed E-state index contributed by atoms with van der Waals surface area (Å²) in [7, 11) is 6.32. The number of nitriles is 1. The van der Waals surface area contributed by atoms with E-state index in [0.29, 0.717) is 19.0 Å². The minimum atomic E-state index is 0.0773. The first-order valence-electron chi connectivity index (χ1n) is 10.0. The molecule has 152 valence electrons. The number of nitrogens with zero attached hydrogens (tertiary/aromatic N) is 6. The Hall–Kier alpha value is -1.91. The molecule has 0 spiro atoms. The minimum absolute atomic E-state index is 0.0773. The van der Waals surface area contributed by atoms with E-state index in [-0.39, 0.29) is 5.41 Å². The fraction of sp³-hybridized carbons (Fsp3) is 0.667. The molecule has 0 aliphatic carbocycles. The smallest absolute Gasteiger partial charge is 0.227 e. The molecular formula is C21H32N6S. The molecule has 1 saturated heterocycles. The maximum atomic E-state index is 9.00. The summed E-state index contributed by atoms with van der Waals surface area (Å²) in [5, 5.41) is 9.00. The van der Waals surface area contributed by atoms with Gasteiger partial charge in [-0.3, -0.25) is 0 Å². The second-order valence-electron chi connectivity index (χ2n) is 8.90. The second-order valence-corrected chi connectivity index (χ2v) is 9.95. The number of fused-ring (bicyclic) bond motifs is 1. The van der Waals surface area contributed by atoms with Crippen molar-refractivity contribution in [2.75, 3.05) is 50.6 Å². The predicted molar refractivity (Wildman–Crippen MR) is 119 cm³/mol. The van der Waals surface area contributed by atoms with Gasteiger partial charge in [-0.05, 0) is 44.5 Å². The molecule has 0 atom stereocenters. The first-order valence-corrected chi connectivity index (χ1v) is 10.8. The largest absolute Gasteiger partial charge is 0.357 e. The lowest BCUT2D eigenvalue weighted by Crippen LogP contribution is -2.42. The number of thiophene rings is 1. The summed E-state index contributed by atoms with van der Waals surface area (Å²) in [4.78, 5) is 18.0. The molecule has 0 bridgehead atoms. The van der Waals surface area contributed by atoms with Gasteiger partial charge < -0.3 is 14.7 Å². The number of anilines is 2. The molecule has 28 heavy (non-hydrogen) atoms. The van der Waals surface area contributed by atoms with Crippen molar-refractivity contribution < 1.29 is 0 Å². The van der Waals surface area contributed by atoms with Crippen molar-refractivity contribution in [3.8, 4) is 6.07 Å². The van der Waals surface area contributed by atoms with Crippen LogP contribution in [-0.4, -0.2) is 61.7 Å². The van der Waals surface area contributed by atoms with Crippen molar-refractivity contribution in [2.45, 2.75) is 51.5 Å². The molecule has 0 aromatic carbocycles. The van der Waals surface area contributed by atoms with Crippen LogP contribution in [0.5, 0.6) is 0 Å². The molecule has 1 aliphatic heterocycles. The summed E-state index contributed by atoms with van der Waals surface area (Å²) in [5.74, 6) is 1.73. The number of hydrogen-bond acceptors (Lipinski definition) is 7. The van der Waals surface area contributed by atoms with Crippen molar-refractivity contribution >= 4 is 33.3 Å². The topological polar surface area (TPSA) is 59.3 Å². The molecule has 2 aromatic heterocycles. The van der Waals surface area contributed by atoms with Crippen LogP contribution in [0.3, 0.4) is 0 Å². The number of rotatable bonds is 5. The Bertz CT molecular complexity index is 854. The van der Waals surface area contributed by atoms with Crippen LogP contribution >= 0.6 is 11.3 Å². The van der Waals surface area contributed by atoms with Crippen LogP contribution in [0, 0.1) is 11.3 Å². The molecule has 0 amide bonds. The molecule has 0 unspecified atom stereocenters. The summed E-state index contributed by atoms with van der Waals surface area (Å²) in [6.45, 7) is 9.58. The molecule has 1 fully saturated rings. The normalized spacial score (nSPS) is 16.3. The van der Waals surface area contributed by atoms with Gasteiger partial charge >= 0.3 is 0 Å². The van der Waals surface area contributed by atoms with Crippen molar-refractivity contribution in [2.24, 2.45) is 0 Å². The van der Waals surface area contributed by atoms with E-state index in [2.05, 4.69) is 61.7 Å². The number of hydrogen-bond donors (Lipinski definition) is 0. The van der Waals surface area contributed by atoms with Gasteiger partial charge in [-0.15, -0.1) is 11.3 Å². The highest BCUT2D eigenvalue weighted by Crippen LogP contribution is 2.38. The zero-order valence-corrected chi connectivity index (χ0v) is 18.8. The molecule has 3 heterocycles. The average Bonchev–Trinajstić information content (AvgIpc) is 3.10. The van der Waals surface area contributed by atoms with Crippen molar-refractivity contribution in [3.05, 3.63) is 10.9 Å². The first kappa shape index (κ1) is 20.8. The van der Waals surface area contributed by atoms with Gasteiger partial charge in [0.15, 0.2) is 5.82 Å². The van der Waals surface area contributed by atoms with E-state index in [4.69, 9.17) is 15.2 Å². The lowest BCUT2D eigenvalue weighted by Gasteiger charge is -2.35. The summed E-state index contributed by atoms with van der Waals surface area (Å²) >= 11 is 1.77. The summed E-state index contributed by atoms with van der Waals surface area (Å²) in [6, 6.07) is 4.92. The van der Waals surface area contributed by atoms with Gasteiger partial charge in [-0.2, -0.15) is 10.2 Å². The third-order valence-corrected chi connectivity index (χ3v) is 7.10. The first-order chi connectivity index (χ1) is 13.2. The van der Waals surface area contributed by atoms with Gasteiger partial charge in [0.2, 0.25) is 5.95 Å². The van der Waals surface area contributed by atoms with Gasteiger partial charge in [0.1, 0.15) is 0 Å². The van der Waals surface area contributed by atoms with Crippen LogP contribution in [0.1, 0.15) is 44.9 Å². The SMILES string of the molecule is CN1CCC(N(C)c2nc(N(C)CCC#N)c3sc(C(C)(C)C)cc3n2)CC1. The van der Waals surface area contributed by atoms with Crippen molar-refractivity contribution in [1.82, 2.24) is 14.9 Å². The number of aromatic nitrogens is 2. The van der Waals surface area contributed by atoms with Gasteiger partial charge in [0, 0.05) is 31.6 Å². The van der Waals surface area contributed by atoms with Gasteiger partial charge in [0.25, 0.3) is 0 Å². The minimum Gasteiger partial charge on any atom is -0.357 e. The lowest BCUT2D eigenvalue weighted by molar-refractivity contribution is 0.252. The highest BCUT2D eigenvalue weighted by atomic mass is 32.1. The van der Waals surface area contributed by atoms with E-state index in [1.54, 1.807) is 11.3 Å². The molecule has 0 radical (unpaired) electrons. The highest BCUT2D eigenvalue weighted by molar-refractivity contribution is 7.19. The standard InChI is InChI=1S/C21H32N6S/c1-21(2,3)17-14-16-18(28-17)19(26(5)11-7-10-22)24-20(23-16)27(6)15-8-12-25(4)13-9-15/h14-15H,7-9,11-13H2,1-6H3. The maximum Gasteiger partial charge on any atom is 0.227 e. The fourth-order valence-corrected chi connectivity index (χ4v) is 4.76.